The number of alkyl halides is 2. The van der Waals surface area contributed by atoms with Gasteiger partial charge in [-0.15, -0.1) is 0 Å². The van der Waals surface area contributed by atoms with Gasteiger partial charge in [0.2, 0.25) is 0 Å². The molecule has 1 aromatic rings. The van der Waals surface area contributed by atoms with Crippen molar-refractivity contribution in [2.45, 2.75) is 33.3 Å². The van der Waals surface area contributed by atoms with Gasteiger partial charge < -0.3 is 19.9 Å². The lowest BCUT2D eigenvalue weighted by molar-refractivity contribution is -0.0511. The average Bonchev–Trinajstić information content (AvgIpc) is 2.49. The van der Waals surface area contributed by atoms with Crippen molar-refractivity contribution in [1.29, 1.82) is 0 Å². The minimum atomic E-state index is -2.91. The fourth-order valence-electron chi connectivity index (χ4n) is 2.04. The Balaban J connectivity index is 2.84. The average molecular weight is 303 g/mol. The molecule has 0 heterocycles. The summed E-state index contributed by atoms with van der Waals surface area (Å²) < 4.78 is 34.2. The summed E-state index contributed by atoms with van der Waals surface area (Å²) >= 11 is 0. The fraction of sp³-hybridized carbons (Fsp3) is 0.600. The molecule has 1 aromatic carbocycles. The predicted molar refractivity (Wildman–Crippen MR) is 78.2 cm³/mol. The second-order valence-corrected chi connectivity index (χ2v) is 4.96. The number of aliphatic hydroxyl groups excluding tert-OH is 1. The normalized spacial score (nSPS) is 11.6. The van der Waals surface area contributed by atoms with Gasteiger partial charge in [-0.05, 0) is 25.0 Å². The topological polar surface area (TPSA) is 50.7 Å². The highest BCUT2D eigenvalue weighted by Crippen LogP contribution is 2.32. The quantitative estimate of drug-likeness (QED) is 0.733. The number of aliphatic hydroxyl groups is 1. The third-order valence-corrected chi connectivity index (χ3v) is 3.88. The minimum Gasteiger partial charge on any atom is -0.493 e. The van der Waals surface area contributed by atoms with Gasteiger partial charge in [-0.2, -0.15) is 8.78 Å². The van der Waals surface area contributed by atoms with E-state index >= 15 is 0 Å². The van der Waals surface area contributed by atoms with E-state index in [2.05, 4.69) is 10.1 Å². The van der Waals surface area contributed by atoms with E-state index in [1.807, 2.05) is 13.8 Å². The molecular weight excluding hydrogens is 280 g/mol. The van der Waals surface area contributed by atoms with Crippen molar-refractivity contribution in [2.75, 3.05) is 25.6 Å². The third kappa shape index (κ3) is 4.74. The number of nitrogens with one attached hydrogen (secondary N) is 1. The van der Waals surface area contributed by atoms with Crippen molar-refractivity contribution in [1.82, 2.24) is 0 Å². The molecule has 0 aliphatic rings. The molecule has 0 radical (unpaired) electrons. The molecule has 0 aliphatic heterocycles. The number of ether oxygens (including phenoxy) is 2. The number of methoxy groups -OCH3 is 1. The molecule has 2 N–H and O–H groups in total. The summed E-state index contributed by atoms with van der Waals surface area (Å²) in [6.07, 6.45) is 1.65. The molecule has 0 fully saturated rings. The van der Waals surface area contributed by atoms with Crippen LogP contribution in [0.1, 0.15) is 26.7 Å². The van der Waals surface area contributed by atoms with Crippen LogP contribution in [0, 0.1) is 5.41 Å². The lowest BCUT2D eigenvalue weighted by atomic mass is 9.83. The van der Waals surface area contributed by atoms with Crippen LogP contribution in [-0.2, 0) is 0 Å². The molecular formula is C15H23F2NO3. The Morgan fingerprint density at radius 3 is 2.38 bits per heavy atom. The molecule has 0 amide bonds. The van der Waals surface area contributed by atoms with Gasteiger partial charge in [-0.1, -0.05) is 13.8 Å². The van der Waals surface area contributed by atoms with Crippen molar-refractivity contribution in [3.05, 3.63) is 18.2 Å². The molecule has 0 saturated carbocycles. The highest BCUT2D eigenvalue weighted by Gasteiger charge is 2.25. The number of benzene rings is 1. The molecule has 1 rings (SSSR count). The Labute approximate surface area is 124 Å². The molecule has 6 heteroatoms. The maximum atomic E-state index is 12.4. The van der Waals surface area contributed by atoms with Crippen LogP contribution in [0.5, 0.6) is 11.5 Å². The summed E-state index contributed by atoms with van der Waals surface area (Å²) in [5, 5.41) is 12.7. The predicted octanol–water partition coefficient (Wildman–Crippen LogP) is 3.51. The van der Waals surface area contributed by atoms with Crippen LogP contribution in [0.4, 0.5) is 14.5 Å². The van der Waals surface area contributed by atoms with E-state index in [1.165, 1.54) is 13.2 Å². The molecule has 0 saturated heterocycles. The van der Waals surface area contributed by atoms with E-state index < -0.39 is 6.61 Å². The van der Waals surface area contributed by atoms with E-state index in [9.17, 15) is 13.9 Å². The van der Waals surface area contributed by atoms with Crippen LogP contribution in [0.2, 0.25) is 0 Å². The van der Waals surface area contributed by atoms with E-state index in [1.54, 1.807) is 12.1 Å². The van der Waals surface area contributed by atoms with E-state index in [0.29, 0.717) is 12.2 Å². The number of hydrogen-bond donors (Lipinski definition) is 2. The van der Waals surface area contributed by atoms with Crippen molar-refractivity contribution >= 4 is 5.69 Å². The summed E-state index contributed by atoms with van der Waals surface area (Å²) in [6, 6.07) is 4.77. The van der Waals surface area contributed by atoms with Crippen LogP contribution in [-0.4, -0.2) is 32.0 Å². The summed E-state index contributed by atoms with van der Waals surface area (Å²) in [7, 11) is 1.39. The van der Waals surface area contributed by atoms with Gasteiger partial charge in [0.1, 0.15) is 0 Å². The minimum absolute atomic E-state index is 0.0138. The van der Waals surface area contributed by atoms with Crippen LogP contribution >= 0.6 is 0 Å². The second kappa shape index (κ2) is 8.02. The van der Waals surface area contributed by atoms with Crippen LogP contribution in [0.25, 0.3) is 0 Å². The zero-order chi connectivity index (χ0) is 15.9. The highest BCUT2D eigenvalue weighted by atomic mass is 19.3. The summed E-state index contributed by atoms with van der Waals surface area (Å²) in [4.78, 5) is 0. The summed E-state index contributed by atoms with van der Waals surface area (Å²) in [5.74, 6) is 0.236. The molecule has 0 bridgehead atoms. The Kier molecular flexibility index (Phi) is 6.68. The first kappa shape index (κ1) is 17.5. The molecule has 21 heavy (non-hydrogen) atoms. The van der Waals surface area contributed by atoms with Crippen molar-refractivity contribution < 1.29 is 23.4 Å². The zero-order valence-electron chi connectivity index (χ0n) is 12.7. The number of anilines is 1. The Hall–Kier alpha value is -1.56. The van der Waals surface area contributed by atoms with E-state index in [0.717, 1.165) is 12.8 Å². The molecule has 0 unspecified atom stereocenters. The molecule has 0 atom stereocenters. The Bertz CT molecular complexity index is 429. The van der Waals surface area contributed by atoms with Crippen LogP contribution in [0.3, 0.4) is 0 Å². The first-order valence-corrected chi connectivity index (χ1v) is 6.97. The van der Waals surface area contributed by atoms with Gasteiger partial charge in [0.25, 0.3) is 0 Å². The molecule has 0 aromatic heterocycles. The standard InChI is InChI=1S/C15H23F2NO3/c1-4-15(5-2,10-19)9-18-11-6-7-12(20-3)13(8-11)21-14(16)17/h6-8,14,18-19H,4-5,9-10H2,1-3H3. The van der Waals surface area contributed by atoms with Gasteiger partial charge in [0.15, 0.2) is 11.5 Å². The van der Waals surface area contributed by atoms with Gasteiger partial charge in [-0.3, -0.25) is 0 Å². The van der Waals surface area contributed by atoms with Crippen LogP contribution < -0.4 is 14.8 Å². The largest absolute Gasteiger partial charge is 0.493 e. The Morgan fingerprint density at radius 2 is 1.90 bits per heavy atom. The first-order chi connectivity index (χ1) is 10.00. The molecule has 0 aliphatic carbocycles. The monoisotopic (exact) mass is 303 g/mol. The lowest BCUT2D eigenvalue weighted by Gasteiger charge is -2.30. The maximum absolute atomic E-state index is 12.4. The highest BCUT2D eigenvalue weighted by molar-refractivity contribution is 5.54. The number of rotatable bonds is 9. The van der Waals surface area contributed by atoms with Gasteiger partial charge in [0, 0.05) is 23.7 Å². The summed E-state index contributed by atoms with van der Waals surface area (Å²) in [5.41, 5.74) is 0.426. The number of halogens is 2. The molecule has 120 valence electrons. The fourth-order valence-corrected chi connectivity index (χ4v) is 2.04. The van der Waals surface area contributed by atoms with Crippen molar-refractivity contribution in [2.24, 2.45) is 5.41 Å². The molecule has 4 nitrogen and oxygen atoms in total. The van der Waals surface area contributed by atoms with Gasteiger partial charge >= 0.3 is 6.61 Å². The zero-order valence-corrected chi connectivity index (χ0v) is 12.7. The van der Waals surface area contributed by atoms with Crippen molar-refractivity contribution in [3.63, 3.8) is 0 Å². The smallest absolute Gasteiger partial charge is 0.387 e. The maximum Gasteiger partial charge on any atom is 0.387 e. The lowest BCUT2D eigenvalue weighted by Crippen LogP contribution is -2.32. The SMILES string of the molecule is CCC(CC)(CO)CNc1ccc(OC)c(OC(F)F)c1. The third-order valence-electron chi connectivity index (χ3n) is 3.88. The number of hydrogen-bond acceptors (Lipinski definition) is 4. The van der Waals surface area contributed by atoms with E-state index in [4.69, 9.17) is 4.74 Å². The van der Waals surface area contributed by atoms with Gasteiger partial charge in [-0.25, -0.2) is 0 Å². The van der Waals surface area contributed by atoms with Crippen molar-refractivity contribution in [3.8, 4) is 11.5 Å². The first-order valence-electron chi connectivity index (χ1n) is 6.97. The van der Waals surface area contributed by atoms with Gasteiger partial charge in [0.05, 0.1) is 13.7 Å². The molecule has 0 spiro atoms. The second-order valence-electron chi connectivity index (χ2n) is 4.96. The van der Waals surface area contributed by atoms with Crippen LogP contribution in [0.15, 0.2) is 18.2 Å². The van der Waals surface area contributed by atoms with E-state index in [-0.39, 0.29) is 23.5 Å². The Morgan fingerprint density at radius 1 is 1.24 bits per heavy atom. The summed E-state index contributed by atoms with van der Waals surface area (Å²) in [6.45, 7) is 1.75.